The zero-order valence-electron chi connectivity index (χ0n) is 9.23. The molecular formula is C11H14N2O3. The second-order valence-corrected chi connectivity index (χ2v) is 3.52. The van der Waals surface area contributed by atoms with E-state index in [0.29, 0.717) is 0 Å². The number of hydrogen-bond acceptors (Lipinski definition) is 4. The molecule has 2 N–H and O–H groups in total. The molecule has 0 heterocycles. The van der Waals surface area contributed by atoms with Crippen LogP contribution in [0.1, 0.15) is 5.56 Å². The van der Waals surface area contributed by atoms with E-state index in [1.54, 1.807) is 26.2 Å². The Balaban J connectivity index is 2.52. The van der Waals surface area contributed by atoms with Gasteiger partial charge in [0.2, 0.25) is 0 Å². The molecule has 0 saturated carbocycles. The van der Waals surface area contributed by atoms with Crippen molar-refractivity contribution in [3.8, 4) is 5.75 Å². The summed E-state index contributed by atoms with van der Waals surface area (Å²) in [6.07, 6.45) is 0.0799. The summed E-state index contributed by atoms with van der Waals surface area (Å²) in [5.41, 5.74) is 0.731. The van der Waals surface area contributed by atoms with Crippen LogP contribution in [0.15, 0.2) is 24.3 Å². The monoisotopic (exact) mass is 222 g/mol. The Hall–Kier alpha value is -2.04. The number of phenolic OH excluding ortho intramolecular Hbond substituents is 1. The molecule has 0 aliphatic rings. The van der Waals surface area contributed by atoms with Crippen molar-refractivity contribution in [1.29, 1.82) is 5.41 Å². The van der Waals surface area contributed by atoms with Gasteiger partial charge in [0.1, 0.15) is 5.75 Å². The molecule has 5 nitrogen and oxygen atoms in total. The minimum Gasteiger partial charge on any atom is -0.508 e. The highest BCUT2D eigenvalue weighted by Crippen LogP contribution is 2.10. The van der Waals surface area contributed by atoms with Gasteiger partial charge >= 0.3 is 5.97 Å². The molecule has 0 bridgehead atoms. The zero-order valence-corrected chi connectivity index (χ0v) is 9.23. The summed E-state index contributed by atoms with van der Waals surface area (Å²) in [7, 11) is 3.24. The summed E-state index contributed by atoms with van der Waals surface area (Å²) < 4.78 is 4.75. The average molecular weight is 222 g/mol. The van der Waals surface area contributed by atoms with Gasteiger partial charge in [0, 0.05) is 14.1 Å². The Morgan fingerprint density at radius 2 is 1.94 bits per heavy atom. The second kappa shape index (κ2) is 5.16. The van der Waals surface area contributed by atoms with Crippen LogP contribution in [-0.4, -0.2) is 36.1 Å². The Kier molecular flexibility index (Phi) is 3.88. The van der Waals surface area contributed by atoms with Crippen molar-refractivity contribution in [2.45, 2.75) is 6.42 Å². The summed E-state index contributed by atoms with van der Waals surface area (Å²) in [4.78, 5) is 12.8. The lowest BCUT2D eigenvalue weighted by atomic mass is 10.1. The molecule has 0 fully saturated rings. The van der Waals surface area contributed by atoms with E-state index in [1.165, 1.54) is 17.0 Å². The van der Waals surface area contributed by atoms with Gasteiger partial charge in [0.15, 0.2) is 0 Å². The fraction of sp³-hybridized carbons (Fsp3) is 0.273. The van der Waals surface area contributed by atoms with Crippen molar-refractivity contribution in [1.82, 2.24) is 4.90 Å². The van der Waals surface area contributed by atoms with Crippen LogP contribution in [0.4, 0.5) is 0 Å². The lowest BCUT2D eigenvalue weighted by molar-refractivity contribution is -0.135. The highest BCUT2D eigenvalue weighted by molar-refractivity contribution is 5.86. The molecule has 0 aromatic heterocycles. The lowest BCUT2D eigenvalue weighted by Gasteiger charge is -2.12. The number of ether oxygens (including phenoxy) is 1. The third-order valence-electron chi connectivity index (χ3n) is 1.90. The van der Waals surface area contributed by atoms with Crippen LogP contribution in [0.2, 0.25) is 0 Å². The van der Waals surface area contributed by atoms with E-state index in [1.807, 2.05) is 0 Å². The maximum Gasteiger partial charge on any atom is 0.318 e. The molecule has 0 amide bonds. The Morgan fingerprint density at radius 1 is 1.38 bits per heavy atom. The van der Waals surface area contributed by atoms with Crippen molar-refractivity contribution in [3.05, 3.63) is 29.8 Å². The molecule has 0 radical (unpaired) electrons. The Bertz CT molecular complexity index is 385. The van der Waals surface area contributed by atoms with Crippen LogP contribution in [0.5, 0.6) is 5.75 Å². The van der Waals surface area contributed by atoms with Crippen LogP contribution in [0.25, 0.3) is 0 Å². The van der Waals surface area contributed by atoms with Crippen molar-refractivity contribution < 1.29 is 14.6 Å². The van der Waals surface area contributed by atoms with Gasteiger partial charge in [0.05, 0.1) is 6.42 Å². The van der Waals surface area contributed by atoms with Gasteiger partial charge in [-0.2, -0.15) is 0 Å². The maximum atomic E-state index is 11.4. The van der Waals surface area contributed by atoms with E-state index < -0.39 is 5.97 Å². The van der Waals surface area contributed by atoms with Crippen molar-refractivity contribution in [2.75, 3.05) is 14.1 Å². The van der Waals surface area contributed by atoms with Gasteiger partial charge < -0.3 is 14.7 Å². The average Bonchev–Trinajstić information content (AvgIpc) is 2.21. The first-order chi connectivity index (χ1) is 7.49. The molecule has 0 atom stereocenters. The number of rotatable bonds is 2. The van der Waals surface area contributed by atoms with E-state index in [4.69, 9.17) is 15.3 Å². The van der Waals surface area contributed by atoms with Crippen molar-refractivity contribution in [3.63, 3.8) is 0 Å². The first-order valence-electron chi connectivity index (χ1n) is 4.73. The van der Waals surface area contributed by atoms with Gasteiger partial charge in [-0.05, 0) is 17.7 Å². The predicted molar refractivity (Wildman–Crippen MR) is 59.3 cm³/mol. The molecule has 1 aromatic carbocycles. The third kappa shape index (κ3) is 3.61. The molecule has 0 spiro atoms. The maximum absolute atomic E-state index is 11.4. The number of nitrogens with zero attached hydrogens (tertiary/aromatic N) is 1. The van der Waals surface area contributed by atoms with Gasteiger partial charge in [0.25, 0.3) is 6.02 Å². The van der Waals surface area contributed by atoms with Gasteiger partial charge in [-0.1, -0.05) is 12.1 Å². The summed E-state index contributed by atoms with van der Waals surface area (Å²) in [6, 6.07) is 6.08. The minimum atomic E-state index is -0.496. The van der Waals surface area contributed by atoms with Crippen LogP contribution in [0, 0.1) is 5.41 Å². The summed E-state index contributed by atoms with van der Waals surface area (Å²) in [6.45, 7) is 0. The quantitative estimate of drug-likeness (QED) is 0.444. The van der Waals surface area contributed by atoms with Crippen LogP contribution >= 0.6 is 0 Å². The Morgan fingerprint density at radius 3 is 2.44 bits per heavy atom. The second-order valence-electron chi connectivity index (χ2n) is 3.52. The number of esters is 1. The van der Waals surface area contributed by atoms with Gasteiger partial charge in [-0.3, -0.25) is 10.2 Å². The molecule has 1 aromatic rings. The highest BCUT2D eigenvalue weighted by atomic mass is 16.6. The molecule has 16 heavy (non-hydrogen) atoms. The van der Waals surface area contributed by atoms with E-state index in [0.717, 1.165) is 5.56 Å². The Labute approximate surface area is 93.8 Å². The fourth-order valence-electron chi connectivity index (χ4n) is 1.02. The standard InChI is InChI=1S/C11H14N2O3/c1-13(2)11(12)16-10(15)7-8-3-5-9(14)6-4-8/h3-6,12,14H,7H2,1-2H3. The molecular weight excluding hydrogens is 208 g/mol. The van der Waals surface area contributed by atoms with Crippen molar-refractivity contribution in [2.24, 2.45) is 0 Å². The largest absolute Gasteiger partial charge is 0.508 e. The first kappa shape index (κ1) is 12.0. The zero-order chi connectivity index (χ0) is 12.1. The predicted octanol–water partition coefficient (Wildman–Crippen LogP) is 0.974. The number of hydrogen-bond donors (Lipinski definition) is 2. The van der Waals surface area contributed by atoms with Crippen LogP contribution < -0.4 is 0 Å². The third-order valence-corrected chi connectivity index (χ3v) is 1.90. The molecule has 5 heteroatoms. The number of aromatic hydroxyl groups is 1. The molecule has 0 aliphatic heterocycles. The van der Waals surface area contributed by atoms with Gasteiger partial charge in [-0.25, -0.2) is 0 Å². The van der Waals surface area contributed by atoms with Crippen LogP contribution in [-0.2, 0) is 16.0 Å². The number of nitrogens with one attached hydrogen (secondary N) is 1. The molecule has 0 unspecified atom stereocenters. The number of benzene rings is 1. The topological polar surface area (TPSA) is 73.6 Å². The number of amidine groups is 1. The normalized spacial score (nSPS) is 9.62. The fourth-order valence-corrected chi connectivity index (χ4v) is 1.02. The van der Waals surface area contributed by atoms with E-state index >= 15 is 0 Å². The highest BCUT2D eigenvalue weighted by Gasteiger charge is 2.09. The van der Waals surface area contributed by atoms with Crippen LogP contribution in [0.3, 0.4) is 0 Å². The lowest BCUT2D eigenvalue weighted by Crippen LogP contribution is -2.27. The summed E-state index contributed by atoms with van der Waals surface area (Å²) in [5, 5.41) is 16.4. The number of carbonyl (C=O) groups is 1. The molecule has 0 saturated heterocycles. The van der Waals surface area contributed by atoms with E-state index in [2.05, 4.69) is 0 Å². The smallest absolute Gasteiger partial charge is 0.318 e. The molecule has 0 aliphatic carbocycles. The van der Waals surface area contributed by atoms with Crippen molar-refractivity contribution >= 4 is 12.0 Å². The number of phenols is 1. The van der Waals surface area contributed by atoms with Gasteiger partial charge in [-0.15, -0.1) is 0 Å². The minimum absolute atomic E-state index is 0.0799. The first-order valence-corrected chi connectivity index (χ1v) is 4.73. The SMILES string of the molecule is CN(C)C(=N)OC(=O)Cc1ccc(O)cc1. The van der Waals surface area contributed by atoms with E-state index in [-0.39, 0.29) is 18.2 Å². The molecule has 86 valence electrons. The molecule has 1 rings (SSSR count). The number of carbonyl (C=O) groups excluding carboxylic acids is 1. The van der Waals surface area contributed by atoms with E-state index in [9.17, 15) is 4.79 Å². The summed E-state index contributed by atoms with van der Waals surface area (Å²) in [5.74, 6) is -0.345. The summed E-state index contributed by atoms with van der Waals surface area (Å²) >= 11 is 0.